The van der Waals surface area contributed by atoms with Crippen LogP contribution in [0.15, 0.2) is 29.6 Å². The van der Waals surface area contributed by atoms with Gasteiger partial charge in [-0.1, -0.05) is 29.8 Å². The third-order valence-electron chi connectivity index (χ3n) is 4.14. The molecule has 0 aliphatic heterocycles. The number of carbonyl (C=O) groups excluding carboxylic acids is 1. The summed E-state index contributed by atoms with van der Waals surface area (Å²) >= 11 is 7.59. The molecule has 1 atom stereocenters. The third-order valence-corrected chi connectivity index (χ3v) is 5.35. The van der Waals surface area contributed by atoms with Crippen LogP contribution in [-0.2, 0) is 0 Å². The predicted molar refractivity (Wildman–Crippen MR) is 90.2 cm³/mol. The minimum atomic E-state index is -0.342. The first-order valence-electron chi connectivity index (χ1n) is 7.26. The molecule has 6 heteroatoms. The molecular weight excluding hydrogens is 318 g/mol. The van der Waals surface area contributed by atoms with E-state index in [0.717, 1.165) is 23.4 Å². The van der Waals surface area contributed by atoms with E-state index in [9.17, 15) is 4.79 Å². The van der Waals surface area contributed by atoms with Crippen molar-refractivity contribution in [1.29, 1.82) is 0 Å². The minimum absolute atomic E-state index is 0.172. The van der Waals surface area contributed by atoms with Crippen LogP contribution in [0.5, 0.6) is 0 Å². The maximum absolute atomic E-state index is 12.4. The van der Waals surface area contributed by atoms with Gasteiger partial charge < -0.3 is 11.1 Å². The molecule has 0 radical (unpaired) electrons. The molecule has 1 unspecified atom stereocenters. The number of amides is 1. The molecule has 0 spiro atoms. The SMILES string of the molecule is CC(CN)(NC(=O)c1csc(-c2ccccc2Cl)n1)C1CC1. The van der Waals surface area contributed by atoms with Crippen LogP contribution >= 0.6 is 22.9 Å². The molecule has 1 aromatic heterocycles. The lowest BCUT2D eigenvalue weighted by atomic mass is 9.96. The van der Waals surface area contributed by atoms with Crippen LogP contribution < -0.4 is 11.1 Å². The van der Waals surface area contributed by atoms with Crippen LogP contribution in [-0.4, -0.2) is 23.0 Å². The highest BCUT2D eigenvalue weighted by molar-refractivity contribution is 7.13. The first-order valence-corrected chi connectivity index (χ1v) is 8.52. The van der Waals surface area contributed by atoms with Gasteiger partial charge in [-0.25, -0.2) is 4.98 Å². The van der Waals surface area contributed by atoms with Gasteiger partial charge in [-0.3, -0.25) is 4.79 Å². The Morgan fingerprint density at radius 2 is 2.23 bits per heavy atom. The van der Waals surface area contributed by atoms with E-state index >= 15 is 0 Å². The molecule has 1 saturated carbocycles. The Kier molecular flexibility index (Phi) is 4.21. The molecular formula is C16H18ClN3OS. The molecule has 22 heavy (non-hydrogen) atoms. The van der Waals surface area contributed by atoms with Gasteiger partial charge in [0.2, 0.25) is 0 Å². The van der Waals surface area contributed by atoms with E-state index in [2.05, 4.69) is 10.3 Å². The number of hydrogen-bond acceptors (Lipinski definition) is 4. The smallest absolute Gasteiger partial charge is 0.271 e. The zero-order valence-electron chi connectivity index (χ0n) is 12.3. The fourth-order valence-electron chi connectivity index (χ4n) is 2.50. The number of rotatable bonds is 5. The van der Waals surface area contributed by atoms with Gasteiger partial charge in [-0.15, -0.1) is 11.3 Å². The van der Waals surface area contributed by atoms with Crippen molar-refractivity contribution in [1.82, 2.24) is 10.3 Å². The molecule has 0 bridgehead atoms. The van der Waals surface area contributed by atoms with Crippen molar-refractivity contribution < 1.29 is 4.79 Å². The number of aromatic nitrogens is 1. The molecule has 0 saturated heterocycles. The lowest BCUT2D eigenvalue weighted by molar-refractivity contribution is 0.0893. The van der Waals surface area contributed by atoms with Crippen molar-refractivity contribution in [3.8, 4) is 10.6 Å². The molecule has 3 N–H and O–H groups in total. The van der Waals surface area contributed by atoms with E-state index in [1.807, 2.05) is 31.2 Å². The van der Waals surface area contributed by atoms with Crippen LogP contribution in [0.4, 0.5) is 0 Å². The van der Waals surface area contributed by atoms with E-state index in [0.29, 0.717) is 23.2 Å². The lowest BCUT2D eigenvalue weighted by Gasteiger charge is -2.29. The van der Waals surface area contributed by atoms with Gasteiger partial charge in [0.15, 0.2) is 0 Å². The molecule has 2 aromatic rings. The van der Waals surface area contributed by atoms with E-state index in [1.165, 1.54) is 11.3 Å². The van der Waals surface area contributed by atoms with Gasteiger partial charge in [0, 0.05) is 17.5 Å². The van der Waals surface area contributed by atoms with E-state index in [-0.39, 0.29) is 11.4 Å². The van der Waals surface area contributed by atoms with Crippen molar-refractivity contribution >= 4 is 28.8 Å². The van der Waals surface area contributed by atoms with E-state index in [1.54, 1.807) is 5.38 Å². The van der Waals surface area contributed by atoms with Crippen molar-refractivity contribution in [2.45, 2.75) is 25.3 Å². The quantitative estimate of drug-likeness (QED) is 0.880. The summed E-state index contributed by atoms with van der Waals surface area (Å²) in [5.41, 5.74) is 6.76. The fourth-order valence-corrected chi connectivity index (χ4v) is 3.62. The molecule has 4 nitrogen and oxygen atoms in total. The second-order valence-corrected chi connectivity index (χ2v) is 7.13. The number of nitrogens with zero attached hydrogens (tertiary/aromatic N) is 1. The van der Waals surface area contributed by atoms with Gasteiger partial charge in [0.1, 0.15) is 10.7 Å². The molecule has 1 aliphatic carbocycles. The Balaban J connectivity index is 1.79. The van der Waals surface area contributed by atoms with Crippen molar-refractivity contribution in [3.63, 3.8) is 0 Å². The molecule has 1 heterocycles. The molecule has 116 valence electrons. The van der Waals surface area contributed by atoms with Gasteiger partial charge in [0.05, 0.1) is 10.6 Å². The number of carbonyl (C=O) groups is 1. The second-order valence-electron chi connectivity index (χ2n) is 5.87. The normalized spacial score (nSPS) is 17.0. The van der Waals surface area contributed by atoms with Crippen molar-refractivity contribution in [3.05, 3.63) is 40.4 Å². The van der Waals surface area contributed by atoms with Gasteiger partial charge in [0.25, 0.3) is 5.91 Å². The first kappa shape index (κ1) is 15.5. The summed E-state index contributed by atoms with van der Waals surface area (Å²) in [7, 11) is 0. The Bertz CT molecular complexity index is 698. The summed E-state index contributed by atoms with van der Waals surface area (Å²) in [6.07, 6.45) is 2.24. The van der Waals surface area contributed by atoms with Gasteiger partial charge >= 0.3 is 0 Å². The van der Waals surface area contributed by atoms with E-state index in [4.69, 9.17) is 17.3 Å². The summed E-state index contributed by atoms with van der Waals surface area (Å²) in [5, 5.41) is 6.19. The highest BCUT2D eigenvalue weighted by Gasteiger charge is 2.41. The standard InChI is InChI=1S/C16H18ClN3OS/c1-16(9-18,10-6-7-10)20-14(21)13-8-22-15(19-13)11-4-2-3-5-12(11)17/h2-5,8,10H,6-7,9,18H2,1H3,(H,20,21). The minimum Gasteiger partial charge on any atom is -0.344 e. The highest BCUT2D eigenvalue weighted by Crippen LogP contribution is 2.39. The Morgan fingerprint density at radius 3 is 2.86 bits per heavy atom. The van der Waals surface area contributed by atoms with Crippen molar-refractivity contribution in [2.24, 2.45) is 11.7 Å². The Morgan fingerprint density at radius 1 is 1.50 bits per heavy atom. The summed E-state index contributed by atoms with van der Waals surface area (Å²) in [5.74, 6) is 0.303. The topological polar surface area (TPSA) is 68.0 Å². The number of hydrogen-bond donors (Lipinski definition) is 2. The number of halogens is 1. The molecule has 1 amide bonds. The van der Waals surface area contributed by atoms with Crippen LogP contribution in [0.3, 0.4) is 0 Å². The van der Waals surface area contributed by atoms with Gasteiger partial charge in [-0.05, 0) is 31.7 Å². The maximum Gasteiger partial charge on any atom is 0.271 e. The third kappa shape index (κ3) is 3.02. The molecule has 1 fully saturated rings. The van der Waals surface area contributed by atoms with E-state index < -0.39 is 0 Å². The molecule has 1 aromatic carbocycles. The van der Waals surface area contributed by atoms with Crippen LogP contribution in [0.25, 0.3) is 10.6 Å². The van der Waals surface area contributed by atoms with Crippen LogP contribution in [0.1, 0.15) is 30.3 Å². The number of nitrogens with one attached hydrogen (secondary N) is 1. The largest absolute Gasteiger partial charge is 0.344 e. The molecule has 1 aliphatic rings. The fraction of sp³-hybridized carbons (Fsp3) is 0.375. The monoisotopic (exact) mass is 335 g/mol. The number of thiazole rings is 1. The number of nitrogens with two attached hydrogens (primary N) is 1. The zero-order valence-corrected chi connectivity index (χ0v) is 13.9. The Labute approximate surface area is 138 Å². The van der Waals surface area contributed by atoms with Crippen molar-refractivity contribution in [2.75, 3.05) is 6.54 Å². The first-order chi connectivity index (χ1) is 10.5. The maximum atomic E-state index is 12.4. The summed E-state index contributed by atoms with van der Waals surface area (Å²) in [4.78, 5) is 16.8. The Hall–Kier alpha value is -1.43. The zero-order chi connectivity index (χ0) is 15.7. The second kappa shape index (κ2) is 5.99. The average molecular weight is 336 g/mol. The molecule has 3 rings (SSSR count). The van der Waals surface area contributed by atoms with Gasteiger partial charge in [-0.2, -0.15) is 0 Å². The van der Waals surface area contributed by atoms with Crippen LogP contribution in [0.2, 0.25) is 5.02 Å². The average Bonchev–Trinajstić information content (AvgIpc) is 3.26. The predicted octanol–water partition coefficient (Wildman–Crippen LogP) is 3.32. The lowest BCUT2D eigenvalue weighted by Crippen LogP contribution is -2.53. The highest BCUT2D eigenvalue weighted by atomic mass is 35.5. The summed E-state index contributed by atoms with van der Waals surface area (Å²) in [6.45, 7) is 2.44. The number of benzene rings is 1. The summed E-state index contributed by atoms with van der Waals surface area (Å²) in [6, 6.07) is 7.49. The van der Waals surface area contributed by atoms with Crippen LogP contribution in [0, 0.1) is 5.92 Å². The summed E-state index contributed by atoms with van der Waals surface area (Å²) < 4.78 is 0.